The number of aryl methyl sites for hydroxylation is 1. The molecule has 1 aromatic rings. The maximum Gasteiger partial charge on any atom is 0.244 e. The van der Waals surface area contributed by atoms with Crippen molar-refractivity contribution in [2.24, 2.45) is 5.73 Å². The first-order chi connectivity index (χ1) is 9.90. The van der Waals surface area contributed by atoms with Crippen molar-refractivity contribution < 1.29 is 8.42 Å². The molecule has 0 radical (unpaired) electrons. The number of aromatic nitrogens is 1. The van der Waals surface area contributed by atoms with Gasteiger partial charge < -0.3 is 15.2 Å². The van der Waals surface area contributed by atoms with Crippen molar-refractivity contribution in [2.75, 3.05) is 27.2 Å². The van der Waals surface area contributed by atoms with Gasteiger partial charge in [0.05, 0.1) is 0 Å². The highest BCUT2D eigenvalue weighted by Gasteiger charge is 2.31. The lowest BCUT2D eigenvalue weighted by atomic mass is 10.1. The van der Waals surface area contributed by atoms with E-state index in [1.807, 2.05) is 18.5 Å². The van der Waals surface area contributed by atoms with Crippen molar-refractivity contribution in [3.63, 3.8) is 0 Å². The molecular weight excluding hydrogens is 288 g/mol. The number of hydrogen-bond donors (Lipinski definition) is 1. The average molecular weight is 314 g/mol. The van der Waals surface area contributed by atoms with Crippen LogP contribution in [0.3, 0.4) is 0 Å². The standard InChI is InChI=1S/C14H26N4O2S/c1-4-18-11-14(8-13(18)9-15)21(19,20)17(3)12-6-5-7-16(2)10-12/h8,11-12H,4-7,9-10,15H2,1-3H3. The minimum absolute atomic E-state index is 0.0417. The Morgan fingerprint density at radius 2 is 2.19 bits per heavy atom. The minimum atomic E-state index is -3.45. The predicted molar refractivity (Wildman–Crippen MR) is 83.5 cm³/mol. The van der Waals surface area contributed by atoms with Crippen molar-refractivity contribution in [1.29, 1.82) is 0 Å². The lowest BCUT2D eigenvalue weighted by Crippen LogP contribution is -2.47. The Labute approximate surface area is 127 Å². The fourth-order valence-corrected chi connectivity index (χ4v) is 4.37. The van der Waals surface area contributed by atoms with Crippen LogP contribution in [0.15, 0.2) is 17.2 Å². The topological polar surface area (TPSA) is 71.6 Å². The van der Waals surface area contributed by atoms with Crippen molar-refractivity contribution in [3.05, 3.63) is 18.0 Å². The summed E-state index contributed by atoms with van der Waals surface area (Å²) in [6.45, 7) is 4.87. The van der Waals surface area contributed by atoms with Crippen molar-refractivity contribution in [3.8, 4) is 0 Å². The molecule has 1 unspecified atom stereocenters. The van der Waals surface area contributed by atoms with Crippen LogP contribution in [0.25, 0.3) is 0 Å². The van der Waals surface area contributed by atoms with E-state index < -0.39 is 10.0 Å². The largest absolute Gasteiger partial charge is 0.349 e. The zero-order valence-corrected chi connectivity index (χ0v) is 13.9. The number of likely N-dealkylation sites (N-methyl/N-ethyl adjacent to an activating group) is 2. The second-order valence-electron chi connectivity index (χ2n) is 5.74. The molecule has 0 aliphatic carbocycles. The van der Waals surface area contributed by atoms with Gasteiger partial charge in [-0.25, -0.2) is 8.42 Å². The summed E-state index contributed by atoms with van der Waals surface area (Å²) in [4.78, 5) is 2.53. The molecule has 1 fully saturated rings. The highest BCUT2D eigenvalue weighted by atomic mass is 32.2. The predicted octanol–water partition coefficient (Wildman–Crippen LogP) is 0.681. The van der Waals surface area contributed by atoms with Gasteiger partial charge in [-0.05, 0) is 39.4 Å². The summed E-state index contributed by atoms with van der Waals surface area (Å²) < 4.78 is 29.0. The third-order valence-corrected chi connectivity index (χ3v) is 6.18. The third kappa shape index (κ3) is 3.31. The molecule has 6 nitrogen and oxygen atoms in total. The van der Waals surface area contributed by atoms with E-state index in [1.165, 1.54) is 4.31 Å². The molecule has 2 N–H and O–H groups in total. The smallest absolute Gasteiger partial charge is 0.244 e. The number of piperidine rings is 1. The van der Waals surface area contributed by atoms with Gasteiger partial charge in [0.1, 0.15) is 4.90 Å². The van der Waals surface area contributed by atoms with Crippen LogP contribution in [-0.4, -0.2) is 55.4 Å². The Hall–Kier alpha value is -0.890. The molecule has 1 saturated heterocycles. The summed E-state index contributed by atoms with van der Waals surface area (Å²) in [5.74, 6) is 0. The summed E-state index contributed by atoms with van der Waals surface area (Å²) in [6.07, 6.45) is 3.64. The van der Waals surface area contributed by atoms with Gasteiger partial charge >= 0.3 is 0 Å². The maximum atomic E-state index is 12.8. The first-order valence-corrected chi connectivity index (χ1v) is 8.89. The molecule has 1 aliphatic rings. The molecule has 2 heterocycles. The van der Waals surface area contributed by atoms with Crippen LogP contribution in [-0.2, 0) is 23.1 Å². The normalized spacial score (nSPS) is 21.1. The zero-order valence-electron chi connectivity index (χ0n) is 13.1. The van der Waals surface area contributed by atoms with Gasteiger partial charge in [0.25, 0.3) is 0 Å². The Morgan fingerprint density at radius 1 is 1.48 bits per heavy atom. The monoisotopic (exact) mass is 314 g/mol. The van der Waals surface area contributed by atoms with Crippen LogP contribution in [0.2, 0.25) is 0 Å². The van der Waals surface area contributed by atoms with Gasteiger partial charge in [-0.15, -0.1) is 0 Å². The maximum absolute atomic E-state index is 12.8. The average Bonchev–Trinajstić information content (AvgIpc) is 2.90. The van der Waals surface area contributed by atoms with Crippen LogP contribution >= 0.6 is 0 Å². The molecule has 120 valence electrons. The van der Waals surface area contributed by atoms with Gasteiger partial charge in [0.15, 0.2) is 0 Å². The van der Waals surface area contributed by atoms with E-state index in [1.54, 1.807) is 19.3 Å². The Bertz CT molecular complexity index is 560. The number of sulfonamides is 1. The van der Waals surface area contributed by atoms with Gasteiger partial charge in [0.2, 0.25) is 10.0 Å². The van der Waals surface area contributed by atoms with Crippen LogP contribution in [0.4, 0.5) is 0 Å². The molecule has 0 aromatic carbocycles. The second kappa shape index (κ2) is 6.48. The third-order valence-electron chi connectivity index (χ3n) is 4.30. The highest BCUT2D eigenvalue weighted by molar-refractivity contribution is 7.89. The lowest BCUT2D eigenvalue weighted by molar-refractivity contribution is 0.187. The van der Waals surface area contributed by atoms with E-state index in [9.17, 15) is 8.42 Å². The first kappa shape index (κ1) is 16.5. The molecular formula is C14H26N4O2S. The van der Waals surface area contributed by atoms with E-state index >= 15 is 0 Å². The highest BCUT2D eigenvalue weighted by Crippen LogP contribution is 2.23. The van der Waals surface area contributed by atoms with Crippen LogP contribution in [0, 0.1) is 0 Å². The second-order valence-corrected chi connectivity index (χ2v) is 7.73. The van der Waals surface area contributed by atoms with E-state index in [0.717, 1.165) is 38.2 Å². The summed E-state index contributed by atoms with van der Waals surface area (Å²) in [5.41, 5.74) is 6.54. The van der Waals surface area contributed by atoms with Gasteiger partial charge in [-0.2, -0.15) is 4.31 Å². The SMILES string of the molecule is CCn1cc(S(=O)(=O)N(C)C2CCCN(C)C2)cc1CN. The number of nitrogens with zero attached hydrogens (tertiary/aromatic N) is 3. The molecule has 21 heavy (non-hydrogen) atoms. The van der Waals surface area contributed by atoms with Gasteiger partial charge in [-0.3, -0.25) is 0 Å². The van der Waals surface area contributed by atoms with Gasteiger partial charge in [0, 0.05) is 44.6 Å². The molecule has 0 spiro atoms. The molecule has 0 saturated carbocycles. The molecule has 2 rings (SSSR count). The van der Waals surface area contributed by atoms with E-state index in [0.29, 0.717) is 11.4 Å². The van der Waals surface area contributed by atoms with E-state index in [4.69, 9.17) is 5.73 Å². The summed E-state index contributed by atoms with van der Waals surface area (Å²) >= 11 is 0. The Kier molecular flexibility index (Phi) is 5.08. The Balaban J connectivity index is 2.26. The van der Waals surface area contributed by atoms with Crippen LogP contribution in [0.1, 0.15) is 25.5 Å². The van der Waals surface area contributed by atoms with Crippen molar-refractivity contribution in [2.45, 2.75) is 43.8 Å². The number of rotatable bonds is 5. The minimum Gasteiger partial charge on any atom is -0.349 e. The molecule has 7 heteroatoms. The van der Waals surface area contributed by atoms with Crippen molar-refractivity contribution >= 4 is 10.0 Å². The molecule has 1 aromatic heterocycles. The fraction of sp³-hybridized carbons (Fsp3) is 0.714. The quantitative estimate of drug-likeness (QED) is 0.867. The van der Waals surface area contributed by atoms with Crippen molar-refractivity contribution in [1.82, 2.24) is 13.8 Å². The first-order valence-electron chi connectivity index (χ1n) is 7.45. The van der Waals surface area contributed by atoms with E-state index in [2.05, 4.69) is 4.90 Å². The molecule has 0 amide bonds. The van der Waals surface area contributed by atoms with Crippen LogP contribution in [0.5, 0.6) is 0 Å². The fourth-order valence-electron chi connectivity index (χ4n) is 2.93. The molecule has 1 atom stereocenters. The zero-order chi connectivity index (χ0) is 15.6. The number of likely N-dealkylation sites (tertiary alicyclic amines) is 1. The molecule has 1 aliphatic heterocycles. The van der Waals surface area contributed by atoms with E-state index in [-0.39, 0.29) is 6.04 Å². The Morgan fingerprint density at radius 3 is 2.71 bits per heavy atom. The van der Waals surface area contributed by atoms with Gasteiger partial charge in [-0.1, -0.05) is 0 Å². The summed E-state index contributed by atoms with van der Waals surface area (Å²) in [6, 6.07) is 1.74. The summed E-state index contributed by atoms with van der Waals surface area (Å²) in [7, 11) is 0.266. The number of nitrogens with two attached hydrogens (primary N) is 1. The molecule has 0 bridgehead atoms. The number of hydrogen-bond acceptors (Lipinski definition) is 4. The lowest BCUT2D eigenvalue weighted by Gasteiger charge is -2.34. The van der Waals surface area contributed by atoms with Crippen LogP contribution < -0.4 is 5.73 Å². The summed E-state index contributed by atoms with van der Waals surface area (Å²) in [5, 5.41) is 0.